The number of nitrogens with zero attached hydrogens (tertiary/aromatic N) is 1. The summed E-state index contributed by atoms with van der Waals surface area (Å²) in [5.74, 6) is -0.786. The lowest BCUT2D eigenvalue weighted by Crippen LogP contribution is -2.37. The summed E-state index contributed by atoms with van der Waals surface area (Å²) in [5, 5.41) is 0. The molecule has 1 N–H and O–H groups in total. The lowest BCUT2D eigenvalue weighted by atomic mass is 10.0. The number of carbonyl (C=O) groups is 2. The number of phosphoric acid groups is 1. The maximum Gasteiger partial charge on any atom is 0.472 e. The third-order valence-corrected chi connectivity index (χ3v) is 17.9. The molecule has 0 saturated heterocycles. The van der Waals surface area contributed by atoms with Crippen LogP contribution in [0.2, 0.25) is 0 Å². The first-order chi connectivity index (χ1) is 42.0. The average Bonchev–Trinajstić information content (AvgIpc) is 3.56. The van der Waals surface area contributed by atoms with Crippen molar-refractivity contribution in [2.45, 2.75) is 380 Å². The molecule has 2 atom stereocenters. The van der Waals surface area contributed by atoms with Crippen molar-refractivity contribution in [2.75, 3.05) is 47.5 Å². The number of likely N-dealkylation sites (N-methyl/N-ethyl adjacent to an activating group) is 1. The molecule has 0 aliphatic heterocycles. The Kier molecular flexibility index (Phi) is 65.8. The summed E-state index contributed by atoms with van der Waals surface area (Å²) in [6, 6.07) is 0. The van der Waals surface area contributed by atoms with Gasteiger partial charge in [0.25, 0.3) is 0 Å². The van der Waals surface area contributed by atoms with Gasteiger partial charge in [-0.25, -0.2) is 4.57 Å². The molecule has 0 heterocycles. The first kappa shape index (κ1) is 84.0. The number of phosphoric ester groups is 1. The molecule has 0 aliphatic carbocycles. The van der Waals surface area contributed by atoms with Crippen molar-refractivity contribution in [1.29, 1.82) is 0 Å². The van der Waals surface area contributed by atoms with Crippen molar-refractivity contribution in [3.8, 4) is 0 Å². The van der Waals surface area contributed by atoms with Gasteiger partial charge in [-0.15, -0.1) is 0 Å². The second kappa shape index (κ2) is 67.4. The summed E-state index contributed by atoms with van der Waals surface area (Å²) in [6.07, 6.45) is 88.3. The Bertz CT molecular complexity index is 1590. The quantitative estimate of drug-likeness (QED) is 0.0211. The van der Waals surface area contributed by atoms with E-state index in [1.807, 2.05) is 21.1 Å². The first-order valence-electron chi connectivity index (χ1n) is 37.4. The summed E-state index contributed by atoms with van der Waals surface area (Å²) >= 11 is 0. The predicted molar refractivity (Wildman–Crippen MR) is 372 cm³/mol. The predicted octanol–water partition coefficient (Wildman–Crippen LogP) is 24.4. The standard InChI is InChI=1S/C76H144NO8P/c1-6-8-10-12-14-16-18-20-22-24-26-28-30-31-32-33-34-35-36-37-38-39-40-41-42-43-44-45-47-48-50-52-54-56-58-60-62-64-66-68-75(78)82-72-74(73-84-86(80,81)83-71-70-77(3,4)5)85-76(79)69-67-65-63-61-59-57-55-53-51-49-46-29-27-25-23-21-19-17-15-13-11-9-7-2/h9,11,15,17,21,23,27,29,74H,6-8,10,12-14,16,18-20,22,24-26,28,30-73H2,1-5H3/p+1/b11-9-,17-15-,23-21-,29-27-. The van der Waals surface area contributed by atoms with Gasteiger partial charge in [-0.05, 0) is 51.4 Å². The van der Waals surface area contributed by atoms with Crippen molar-refractivity contribution < 1.29 is 42.1 Å². The molecule has 0 aromatic rings. The monoisotopic (exact) mass is 1230 g/mol. The smallest absolute Gasteiger partial charge is 0.462 e. The highest BCUT2D eigenvalue weighted by Crippen LogP contribution is 2.43. The van der Waals surface area contributed by atoms with Gasteiger partial charge in [-0.3, -0.25) is 18.6 Å². The minimum atomic E-state index is -4.39. The fourth-order valence-corrected chi connectivity index (χ4v) is 11.9. The molecular weight excluding hydrogens is 1090 g/mol. The molecule has 0 rings (SSSR count). The average molecular weight is 1230 g/mol. The van der Waals surface area contributed by atoms with E-state index in [2.05, 4.69) is 62.5 Å². The Balaban J connectivity index is 3.89. The number of unbranched alkanes of at least 4 members (excludes halogenated alkanes) is 48. The number of rotatable bonds is 70. The number of allylic oxidation sites excluding steroid dienone is 8. The number of esters is 2. The van der Waals surface area contributed by atoms with Crippen LogP contribution in [0.25, 0.3) is 0 Å². The molecule has 0 fully saturated rings. The van der Waals surface area contributed by atoms with Gasteiger partial charge in [-0.1, -0.05) is 358 Å². The minimum absolute atomic E-state index is 0.0315. The Labute approximate surface area is 534 Å². The van der Waals surface area contributed by atoms with Crippen molar-refractivity contribution in [3.63, 3.8) is 0 Å². The van der Waals surface area contributed by atoms with Crippen molar-refractivity contribution in [1.82, 2.24) is 0 Å². The van der Waals surface area contributed by atoms with E-state index in [-0.39, 0.29) is 25.6 Å². The van der Waals surface area contributed by atoms with E-state index in [0.29, 0.717) is 23.9 Å². The van der Waals surface area contributed by atoms with Crippen molar-refractivity contribution in [2.24, 2.45) is 0 Å². The van der Waals surface area contributed by atoms with Gasteiger partial charge in [0, 0.05) is 12.8 Å². The molecule has 86 heavy (non-hydrogen) atoms. The van der Waals surface area contributed by atoms with Gasteiger partial charge in [0.15, 0.2) is 6.10 Å². The van der Waals surface area contributed by atoms with Gasteiger partial charge in [0.1, 0.15) is 19.8 Å². The molecule has 0 spiro atoms. The molecule has 2 unspecified atom stereocenters. The Hall–Kier alpha value is -2.03. The largest absolute Gasteiger partial charge is 0.472 e. The molecule has 0 saturated carbocycles. The summed E-state index contributed by atoms with van der Waals surface area (Å²) < 4.78 is 34.7. The maximum atomic E-state index is 12.9. The highest BCUT2D eigenvalue weighted by Gasteiger charge is 2.27. The summed E-state index contributed by atoms with van der Waals surface area (Å²) in [7, 11) is 1.49. The van der Waals surface area contributed by atoms with E-state index >= 15 is 0 Å². The van der Waals surface area contributed by atoms with Crippen LogP contribution >= 0.6 is 7.82 Å². The molecule has 0 aliphatic rings. The van der Waals surface area contributed by atoms with E-state index in [1.54, 1.807) is 0 Å². The van der Waals surface area contributed by atoms with Gasteiger partial charge in [0.2, 0.25) is 0 Å². The Morgan fingerprint density at radius 2 is 0.663 bits per heavy atom. The minimum Gasteiger partial charge on any atom is -0.462 e. The summed E-state index contributed by atoms with van der Waals surface area (Å²) in [6.45, 7) is 4.38. The van der Waals surface area contributed by atoms with E-state index in [4.69, 9.17) is 18.5 Å². The summed E-state index contributed by atoms with van der Waals surface area (Å²) in [4.78, 5) is 35.9. The molecular formula is C76H145NO8P+. The third kappa shape index (κ3) is 71.1. The fourth-order valence-electron chi connectivity index (χ4n) is 11.2. The van der Waals surface area contributed by atoms with Crippen LogP contribution in [0.5, 0.6) is 0 Å². The van der Waals surface area contributed by atoms with Crippen molar-refractivity contribution >= 4 is 19.8 Å². The molecule has 506 valence electrons. The van der Waals surface area contributed by atoms with Gasteiger partial charge >= 0.3 is 19.8 Å². The van der Waals surface area contributed by atoms with Crippen LogP contribution in [0.15, 0.2) is 48.6 Å². The molecule has 9 nitrogen and oxygen atoms in total. The Morgan fingerprint density at radius 3 is 0.988 bits per heavy atom. The maximum absolute atomic E-state index is 12.9. The van der Waals surface area contributed by atoms with E-state index in [9.17, 15) is 19.0 Å². The SMILES string of the molecule is CC/C=C\C/C=C\C/C=C\C/C=C\CCCCCCCCCCCCC(=O)OC(COC(=O)CCCCCCCCCCCCCCCCCCCCCCCCCCCCCCCCCCCCCCCCC)COP(=O)(O)OCC[N+](C)(C)C. The number of ether oxygens (including phenoxy) is 2. The molecule has 0 radical (unpaired) electrons. The fraction of sp³-hybridized carbons (Fsp3) is 0.868. The van der Waals surface area contributed by atoms with Crippen LogP contribution < -0.4 is 0 Å². The summed E-state index contributed by atoms with van der Waals surface area (Å²) in [5.41, 5.74) is 0. The van der Waals surface area contributed by atoms with E-state index in [0.717, 1.165) is 70.6 Å². The highest BCUT2D eigenvalue weighted by atomic mass is 31.2. The zero-order valence-electron chi connectivity index (χ0n) is 57.8. The topological polar surface area (TPSA) is 108 Å². The number of hydrogen-bond donors (Lipinski definition) is 1. The first-order valence-corrected chi connectivity index (χ1v) is 38.9. The lowest BCUT2D eigenvalue weighted by Gasteiger charge is -2.24. The van der Waals surface area contributed by atoms with Gasteiger partial charge in [0.05, 0.1) is 27.7 Å². The molecule has 0 bridgehead atoms. The van der Waals surface area contributed by atoms with Crippen LogP contribution in [-0.2, 0) is 32.7 Å². The van der Waals surface area contributed by atoms with Crippen LogP contribution in [0.3, 0.4) is 0 Å². The van der Waals surface area contributed by atoms with Crippen LogP contribution in [0, 0.1) is 0 Å². The lowest BCUT2D eigenvalue weighted by molar-refractivity contribution is -0.870. The number of quaternary nitrogens is 1. The highest BCUT2D eigenvalue weighted by molar-refractivity contribution is 7.47. The van der Waals surface area contributed by atoms with Gasteiger partial charge in [-0.2, -0.15) is 0 Å². The molecule has 0 aromatic heterocycles. The molecule has 0 amide bonds. The third-order valence-electron chi connectivity index (χ3n) is 16.9. The zero-order valence-corrected chi connectivity index (χ0v) is 58.7. The second-order valence-electron chi connectivity index (χ2n) is 26.7. The second-order valence-corrected chi connectivity index (χ2v) is 28.1. The Morgan fingerprint density at radius 1 is 0.372 bits per heavy atom. The zero-order chi connectivity index (χ0) is 62.6. The van der Waals surface area contributed by atoms with Gasteiger partial charge < -0.3 is 18.9 Å². The van der Waals surface area contributed by atoms with Crippen molar-refractivity contribution in [3.05, 3.63) is 48.6 Å². The van der Waals surface area contributed by atoms with E-state index < -0.39 is 26.5 Å². The van der Waals surface area contributed by atoms with Crippen LogP contribution in [0.1, 0.15) is 373 Å². The van der Waals surface area contributed by atoms with Crippen LogP contribution in [-0.4, -0.2) is 74.9 Å². The normalized spacial score (nSPS) is 13.3. The molecule has 10 heteroatoms. The number of carbonyl (C=O) groups excluding carboxylic acids is 2. The number of hydrogen-bond acceptors (Lipinski definition) is 7. The van der Waals surface area contributed by atoms with E-state index in [1.165, 1.54) is 270 Å². The van der Waals surface area contributed by atoms with Crippen LogP contribution in [0.4, 0.5) is 0 Å². The molecule has 0 aromatic carbocycles.